The van der Waals surface area contributed by atoms with Crippen molar-refractivity contribution in [3.63, 3.8) is 0 Å². The third-order valence-electron chi connectivity index (χ3n) is 3.15. The number of carbonyl (C=O) groups is 1. The first-order valence-corrected chi connectivity index (χ1v) is 6.05. The van der Waals surface area contributed by atoms with Crippen LogP contribution in [0, 0.1) is 11.3 Å². The first kappa shape index (κ1) is 14.2. The maximum Gasteiger partial charge on any atom is 0.251 e. The van der Waals surface area contributed by atoms with E-state index >= 15 is 0 Å². The average Bonchev–Trinajstić information content (AvgIpc) is 2.44. The van der Waals surface area contributed by atoms with Crippen LogP contribution in [0.1, 0.15) is 42.6 Å². The molecule has 0 aliphatic rings. The van der Waals surface area contributed by atoms with Crippen LogP contribution >= 0.6 is 0 Å². The van der Waals surface area contributed by atoms with Gasteiger partial charge in [-0.2, -0.15) is 5.26 Å². The van der Waals surface area contributed by atoms with E-state index in [1.807, 2.05) is 19.9 Å². The monoisotopic (exact) mass is 246 g/mol. The zero-order chi connectivity index (χ0) is 13.6. The van der Waals surface area contributed by atoms with Crippen molar-refractivity contribution in [2.24, 2.45) is 0 Å². The molecule has 0 atom stereocenters. The quantitative estimate of drug-likeness (QED) is 0.832. The van der Waals surface area contributed by atoms with E-state index in [0.29, 0.717) is 24.0 Å². The minimum atomic E-state index is -0.859. The van der Waals surface area contributed by atoms with E-state index in [1.54, 1.807) is 18.2 Å². The van der Waals surface area contributed by atoms with Crippen molar-refractivity contribution < 1.29 is 9.90 Å². The summed E-state index contributed by atoms with van der Waals surface area (Å²) in [5, 5.41) is 21.5. The summed E-state index contributed by atoms with van der Waals surface area (Å²) in [4.78, 5) is 11.9. The van der Waals surface area contributed by atoms with Crippen molar-refractivity contribution in [3.05, 3.63) is 35.4 Å². The third-order valence-corrected chi connectivity index (χ3v) is 3.15. The fourth-order valence-electron chi connectivity index (χ4n) is 1.58. The Morgan fingerprint density at radius 2 is 2.11 bits per heavy atom. The summed E-state index contributed by atoms with van der Waals surface area (Å²) in [6, 6.07) is 8.48. The SMILES string of the molecule is CCC(O)(CC)CNC(=O)c1cccc(C#N)c1. The number of nitriles is 1. The van der Waals surface area contributed by atoms with Crippen molar-refractivity contribution in [2.75, 3.05) is 6.54 Å². The molecule has 1 aromatic carbocycles. The Morgan fingerprint density at radius 1 is 1.44 bits per heavy atom. The van der Waals surface area contributed by atoms with Gasteiger partial charge in [0.1, 0.15) is 0 Å². The van der Waals surface area contributed by atoms with Gasteiger partial charge in [0.15, 0.2) is 0 Å². The predicted molar refractivity (Wildman–Crippen MR) is 69.0 cm³/mol. The lowest BCUT2D eigenvalue weighted by Crippen LogP contribution is -2.42. The van der Waals surface area contributed by atoms with Gasteiger partial charge in [0.25, 0.3) is 5.91 Å². The Bertz CT molecular complexity index is 459. The van der Waals surface area contributed by atoms with Gasteiger partial charge in [-0.15, -0.1) is 0 Å². The number of aliphatic hydroxyl groups is 1. The molecule has 0 saturated carbocycles. The predicted octanol–water partition coefficient (Wildman–Crippen LogP) is 1.84. The Balaban J connectivity index is 2.69. The molecule has 0 heterocycles. The van der Waals surface area contributed by atoms with Gasteiger partial charge in [-0.25, -0.2) is 0 Å². The lowest BCUT2D eigenvalue weighted by Gasteiger charge is -2.25. The first-order chi connectivity index (χ1) is 8.54. The molecule has 0 aliphatic heterocycles. The maximum absolute atomic E-state index is 11.9. The maximum atomic E-state index is 11.9. The standard InChI is InChI=1S/C14H18N2O2/c1-3-14(18,4-2)10-16-13(17)12-7-5-6-11(8-12)9-15/h5-8,18H,3-4,10H2,1-2H3,(H,16,17). The second-order valence-corrected chi connectivity index (χ2v) is 4.31. The highest BCUT2D eigenvalue weighted by Crippen LogP contribution is 2.13. The second-order valence-electron chi connectivity index (χ2n) is 4.31. The molecule has 0 bridgehead atoms. The van der Waals surface area contributed by atoms with Crippen molar-refractivity contribution in [1.82, 2.24) is 5.32 Å². The average molecular weight is 246 g/mol. The minimum Gasteiger partial charge on any atom is -0.388 e. The highest BCUT2D eigenvalue weighted by atomic mass is 16.3. The van der Waals surface area contributed by atoms with Crippen LogP contribution in [0.3, 0.4) is 0 Å². The zero-order valence-electron chi connectivity index (χ0n) is 10.7. The van der Waals surface area contributed by atoms with E-state index in [0.717, 1.165) is 0 Å². The van der Waals surface area contributed by atoms with Gasteiger partial charge in [0, 0.05) is 12.1 Å². The lowest BCUT2D eigenvalue weighted by molar-refractivity contribution is 0.0314. The lowest BCUT2D eigenvalue weighted by atomic mass is 9.97. The topological polar surface area (TPSA) is 73.1 Å². The van der Waals surface area contributed by atoms with E-state index in [-0.39, 0.29) is 12.5 Å². The molecule has 1 amide bonds. The molecule has 1 rings (SSSR count). The number of benzene rings is 1. The van der Waals surface area contributed by atoms with Crippen molar-refractivity contribution in [1.29, 1.82) is 5.26 Å². The summed E-state index contributed by atoms with van der Waals surface area (Å²) < 4.78 is 0. The van der Waals surface area contributed by atoms with Crippen LogP contribution in [0.2, 0.25) is 0 Å². The van der Waals surface area contributed by atoms with Gasteiger partial charge < -0.3 is 10.4 Å². The largest absolute Gasteiger partial charge is 0.388 e. The van der Waals surface area contributed by atoms with Crippen LogP contribution in [-0.4, -0.2) is 23.2 Å². The number of carbonyl (C=O) groups excluding carboxylic acids is 1. The van der Waals surface area contributed by atoms with Crippen LogP contribution in [0.5, 0.6) is 0 Å². The second kappa shape index (κ2) is 6.18. The van der Waals surface area contributed by atoms with Gasteiger partial charge in [-0.1, -0.05) is 19.9 Å². The summed E-state index contributed by atoms with van der Waals surface area (Å²) in [5.74, 6) is -0.271. The zero-order valence-corrected chi connectivity index (χ0v) is 10.7. The highest BCUT2D eigenvalue weighted by molar-refractivity contribution is 5.94. The summed E-state index contributed by atoms with van der Waals surface area (Å²) in [7, 11) is 0. The highest BCUT2D eigenvalue weighted by Gasteiger charge is 2.22. The van der Waals surface area contributed by atoms with Crippen LogP contribution in [0.25, 0.3) is 0 Å². The summed E-state index contributed by atoms with van der Waals surface area (Å²) in [5.41, 5.74) is 0.0233. The third kappa shape index (κ3) is 3.57. The first-order valence-electron chi connectivity index (χ1n) is 6.05. The molecule has 18 heavy (non-hydrogen) atoms. The number of nitrogens with one attached hydrogen (secondary N) is 1. The van der Waals surface area contributed by atoms with Gasteiger partial charge in [0.05, 0.1) is 17.2 Å². The van der Waals surface area contributed by atoms with E-state index in [4.69, 9.17) is 5.26 Å². The molecule has 0 radical (unpaired) electrons. The minimum absolute atomic E-state index is 0.218. The molecule has 0 aliphatic carbocycles. The summed E-state index contributed by atoms with van der Waals surface area (Å²) >= 11 is 0. The normalized spacial score (nSPS) is 10.8. The Labute approximate surface area is 107 Å². The molecule has 4 nitrogen and oxygen atoms in total. The number of hydrogen-bond acceptors (Lipinski definition) is 3. The summed E-state index contributed by atoms with van der Waals surface area (Å²) in [6.45, 7) is 3.98. The molecule has 96 valence electrons. The summed E-state index contributed by atoms with van der Waals surface area (Å²) in [6.07, 6.45) is 1.17. The van der Waals surface area contributed by atoms with Crippen molar-refractivity contribution in [2.45, 2.75) is 32.3 Å². The number of amides is 1. The van der Waals surface area contributed by atoms with Crippen LogP contribution in [0.4, 0.5) is 0 Å². The van der Waals surface area contributed by atoms with E-state index in [1.165, 1.54) is 6.07 Å². The molecule has 0 spiro atoms. The van der Waals surface area contributed by atoms with Crippen LogP contribution < -0.4 is 5.32 Å². The molecule has 0 aromatic heterocycles. The van der Waals surface area contributed by atoms with Crippen molar-refractivity contribution >= 4 is 5.91 Å². The molecule has 2 N–H and O–H groups in total. The van der Waals surface area contributed by atoms with Crippen LogP contribution in [-0.2, 0) is 0 Å². The fourth-order valence-corrected chi connectivity index (χ4v) is 1.58. The van der Waals surface area contributed by atoms with Crippen LogP contribution in [0.15, 0.2) is 24.3 Å². The van der Waals surface area contributed by atoms with E-state index in [2.05, 4.69) is 5.32 Å². The Hall–Kier alpha value is -1.86. The van der Waals surface area contributed by atoms with Gasteiger partial charge in [0.2, 0.25) is 0 Å². The molecule has 4 heteroatoms. The number of hydrogen-bond donors (Lipinski definition) is 2. The van der Waals surface area contributed by atoms with Gasteiger partial charge in [-0.05, 0) is 31.0 Å². The molecule has 0 fully saturated rings. The molecular weight excluding hydrogens is 228 g/mol. The van der Waals surface area contributed by atoms with Crippen molar-refractivity contribution in [3.8, 4) is 6.07 Å². The van der Waals surface area contributed by atoms with Gasteiger partial charge >= 0.3 is 0 Å². The van der Waals surface area contributed by atoms with E-state index < -0.39 is 5.60 Å². The Morgan fingerprint density at radius 3 is 2.67 bits per heavy atom. The van der Waals surface area contributed by atoms with Gasteiger partial charge in [-0.3, -0.25) is 4.79 Å². The fraction of sp³-hybridized carbons (Fsp3) is 0.429. The Kier molecular flexibility index (Phi) is 4.87. The molecular formula is C14H18N2O2. The van der Waals surface area contributed by atoms with E-state index in [9.17, 15) is 9.90 Å². The number of rotatable bonds is 5. The molecule has 0 saturated heterocycles. The molecule has 0 unspecified atom stereocenters. The molecule has 1 aromatic rings. The number of nitrogens with zero attached hydrogens (tertiary/aromatic N) is 1. The smallest absolute Gasteiger partial charge is 0.251 e.